The Bertz CT molecular complexity index is 1960. The predicted octanol–water partition coefficient (Wildman–Crippen LogP) is 5.22. The van der Waals surface area contributed by atoms with Crippen LogP contribution in [0, 0.1) is 0 Å². The number of ether oxygens (including phenoxy) is 4. The predicted molar refractivity (Wildman–Crippen MR) is 172 cm³/mol. The second kappa shape index (κ2) is 14.0. The summed E-state index contributed by atoms with van der Waals surface area (Å²) in [5.41, 5.74) is 3.05. The minimum Gasteiger partial charge on any atom is -0.493 e. The van der Waals surface area contributed by atoms with Gasteiger partial charge in [0.25, 0.3) is 5.56 Å². The Kier molecular flexibility index (Phi) is 9.85. The van der Waals surface area contributed by atoms with Crippen LogP contribution in [0.25, 0.3) is 6.08 Å². The van der Waals surface area contributed by atoms with E-state index in [1.54, 1.807) is 81.4 Å². The van der Waals surface area contributed by atoms with Gasteiger partial charge in [0.15, 0.2) is 16.3 Å². The molecule has 0 bridgehead atoms. The summed E-state index contributed by atoms with van der Waals surface area (Å²) in [6.45, 7) is 5.96. The molecule has 232 valence electrons. The Labute approximate surface area is 268 Å². The number of allylic oxidation sites excluding steroid dienone is 1. The van der Waals surface area contributed by atoms with E-state index in [4.69, 9.17) is 30.5 Å². The maximum absolute atomic E-state index is 13.9. The van der Waals surface area contributed by atoms with Crippen LogP contribution in [-0.4, -0.2) is 36.8 Å². The van der Waals surface area contributed by atoms with Crippen molar-refractivity contribution in [3.8, 4) is 11.5 Å². The third kappa shape index (κ3) is 6.72. The molecule has 0 radical (unpaired) electrons. The smallest absolute Gasteiger partial charge is 0.338 e. The third-order valence-electron chi connectivity index (χ3n) is 7.06. The fourth-order valence-corrected chi connectivity index (χ4v) is 6.23. The quantitative estimate of drug-likeness (QED) is 0.218. The molecule has 0 fully saturated rings. The number of esters is 2. The maximum Gasteiger partial charge on any atom is 0.338 e. The van der Waals surface area contributed by atoms with E-state index in [2.05, 4.69) is 4.99 Å². The number of thiazole rings is 1. The molecule has 11 heteroatoms. The highest BCUT2D eigenvalue weighted by Gasteiger charge is 2.34. The summed E-state index contributed by atoms with van der Waals surface area (Å²) in [5, 5.41) is 0.420. The van der Waals surface area contributed by atoms with E-state index in [1.165, 1.54) is 23.0 Å². The van der Waals surface area contributed by atoms with Crippen LogP contribution in [0.1, 0.15) is 53.9 Å². The van der Waals surface area contributed by atoms with Crippen LogP contribution in [0.2, 0.25) is 5.02 Å². The van der Waals surface area contributed by atoms with Gasteiger partial charge in [-0.05, 0) is 73.9 Å². The first-order chi connectivity index (χ1) is 21.7. The molecule has 4 aromatic rings. The summed E-state index contributed by atoms with van der Waals surface area (Å²) in [5.74, 6) is 0.0740. The molecule has 1 aromatic heterocycles. The molecular formula is C34H31ClN2O7S. The molecule has 1 atom stereocenters. The van der Waals surface area contributed by atoms with E-state index in [1.807, 2.05) is 12.1 Å². The number of benzene rings is 3. The summed E-state index contributed by atoms with van der Waals surface area (Å²) < 4.78 is 23.9. The van der Waals surface area contributed by atoms with Gasteiger partial charge in [-0.15, -0.1) is 0 Å². The number of rotatable bonds is 10. The van der Waals surface area contributed by atoms with Gasteiger partial charge in [-0.2, -0.15) is 0 Å². The molecule has 0 N–H and O–H groups in total. The van der Waals surface area contributed by atoms with Crippen molar-refractivity contribution in [3.63, 3.8) is 0 Å². The molecule has 45 heavy (non-hydrogen) atoms. The van der Waals surface area contributed by atoms with Crippen LogP contribution < -0.4 is 24.4 Å². The summed E-state index contributed by atoms with van der Waals surface area (Å²) in [6, 6.07) is 18.7. The van der Waals surface area contributed by atoms with Crippen molar-refractivity contribution < 1.29 is 28.5 Å². The molecule has 0 amide bonds. The summed E-state index contributed by atoms with van der Waals surface area (Å²) in [4.78, 5) is 44.0. The van der Waals surface area contributed by atoms with Gasteiger partial charge in [-0.3, -0.25) is 9.36 Å². The summed E-state index contributed by atoms with van der Waals surface area (Å²) in [6.07, 6.45) is 1.75. The lowest BCUT2D eigenvalue weighted by molar-refractivity contribution is -0.139. The lowest BCUT2D eigenvalue weighted by Crippen LogP contribution is -2.40. The standard InChI is InChI=1S/C34H31ClN2O7S/c1-5-42-32(39)23-14-11-21(12-15-23)19-44-26-16-13-22(17-27(26)41-4)18-28-31(38)37-30(24-9-7-8-10-25(24)35)29(33(40)43-6-2)20(3)36-34(37)45-28/h7-18,30H,5-6,19H2,1-4H3/b28-18-/t30-/m0/s1. The number of hydrogen-bond donors (Lipinski definition) is 0. The fraction of sp³-hybridized carbons (Fsp3) is 0.235. The van der Waals surface area contributed by atoms with Gasteiger partial charge in [0.05, 0.1) is 41.7 Å². The van der Waals surface area contributed by atoms with Gasteiger partial charge >= 0.3 is 11.9 Å². The second-order valence-corrected chi connectivity index (χ2v) is 11.4. The first-order valence-corrected chi connectivity index (χ1v) is 15.5. The molecule has 9 nitrogen and oxygen atoms in total. The lowest BCUT2D eigenvalue weighted by atomic mass is 9.96. The maximum atomic E-state index is 13.9. The van der Waals surface area contributed by atoms with E-state index >= 15 is 0 Å². The minimum absolute atomic E-state index is 0.179. The lowest BCUT2D eigenvalue weighted by Gasteiger charge is -2.25. The summed E-state index contributed by atoms with van der Waals surface area (Å²) in [7, 11) is 1.54. The number of nitrogens with zero attached hydrogens (tertiary/aromatic N) is 2. The number of carbonyl (C=O) groups excluding carboxylic acids is 2. The minimum atomic E-state index is -0.798. The summed E-state index contributed by atoms with van der Waals surface area (Å²) >= 11 is 7.80. The second-order valence-electron chi connectivity index (χ2n) is 9.94. The average molecular weight is 647 g/mol. The molecule has 0 unspecified atom stereocenters. The third-order valence-corrected chi connectivity index (χ3v) is 8.39. The highest BCUT2D eigenvalue weighted by molar-refractivity contribution is 7.07. The van der Waals surface area contributed by atoms with E-state index in [0.717, 1.165) is 5.56 Å². The fourth-order valence-electron chi connectivity index (χ4n) is 4.94. The van der Waals surface area contributed by atoms with Crippen molar-refractivity contribution in [1.82, 2.24) is 4.57 Å². The first-order valence-electron chi connectivity index (χ1n) is 14.3. The van der Waals surface area contributed by atoms with Gasteiger partial charge in [0.1, 0.15) is 12.6 Å². The molecule has 2 heterocycles. The number of carbonyl (C=O) groups is 2. The number of aromatic nitrogens is 1. The van der Waals surface area contributed by atoms with Crippen LogP contribution >= 0.6 is 22.9 Å². The number of halogens is 1. The van der Waals surface area contributed by atoms with Crippen molar-refractivity contribution in [3.05, 3.63) is 125 Å². The normalized spacial score (nSPS) is 14.4. The molecule has 1 aliphatic rings. The number of hydrogen-bond acceptors (Lipinski definition) is 9. The van der Waals surface area contributed by atoms with Crippen molar-refractivity contribution in [2.45, 2.75) is 33.4 Å². The van der Waals surface area contributed by atoms with Crippen LogP contribution in [0.5, 0.6) is 11.5 Å². The zero-order valence-electron chi connectivity index (χ0n) is 25.2. The van der Waals surface area contributed by atoms with Crippen LogP contribution in [0.3, 0.4) is 0 Å². The Morgan fingerprint density at radius 2 is 1.69 bits per heavy atom. The Morgan fingerprint density at radius 1 is 0.978 bits per heavy atom. The average Bonchev–Trinajstić information content (AvgIpc) is 3.34. The Morgan fingerprint density at radius 3 is 2.38 bits per heavy atom. The van der Waals surface area contributed by atoms with Gasteiger partial charge in [0.2, 0.25) is 0 Å². The highest BCUT2D eigenvalue weighted by atomic mass is 35.5. The van der Waals surface area contributed by atoms with E-state index < -0.39 is 12.0 Å². The van der Waals surface area contributed by atoms with Gasteiger partial charge < -0.3 is 18.9 Å². The van der Waals surface area contributed by atoms with E-state index in [-0.39, 0.29) is 30.3 Å². The molecule has 0 spiro atoms. The molecule has 0 saturated carbocycles. The van der Waals surface area contributed by atoms with Crippen molar-refractivity contribution in [1.29, 1.82) is 0 Å². The van der Waals surface area contributed by atoms with Crippen molar-refractivity contribution in [2.75, 3.05) is 20.3 Å². The molecule has 0 saturated heterocycles. The first kappa shape index (κ1) is 31.7. The SMILES string of the molecule is CCOC(=O)C1=C(C)N=c2s/c(=C\c3ccc(OCc4ccc(C(=O)OCC)cc4)c(OC)c3)c(=O)n2[C@H]1c1ccccc1Cl. The monoisotopic (exact) mass is 646 g/mol. The largest absolute Gasteiger partial charge is 0.493 e. The van der Waals surface area contributed by atoms with Crippen molar-refractivity contribution >= 4 is 41.0 Å². The number of methoxy groups -OCH3 is 1. The molecule has 1 aliphatic heterocycles. The molecule has 3 aromatic carbocycles. The molecule has 5 rings (SSSR count). The van der Waals surface area contributed by atoms with E-state index in [9.17, 15) is 14.4 Å². The topological polar surface area (TPSA) is 105 Å². The Balaban J connectivity index is 1.46. The highest BCUT2D eigenvalue weighted by Crippen LogP contribution is 2.34. The van der Waals surface area contributed by atoms with Gasteiger partial charge in [-0.25, -0.2) is 14.6 Å². The van der Waals surface area contributed by atoms with Crippen LogP contribution in [-0.2, 0) is 20.9 Å². The van der Waals surface area contributed by atoms with Crippen LogP contribution in [0.15, 0.2) is 87.8 Å². The molecular weight excluding hydrogens is 616 g/mol. The van der Waals surface area contributed by atoms with Gasteiger partial charge in [-0.1, -0.05) is 59.3 Å². The van der Waals surface area contributed by atoms with Crippen molar-refractivity contribution in [2.24, 2.45) is 4.99 Å². The van der Waals surface area contributed by atoms with Crippen LogP contribution in [0.4, 0.5) is 0 Å². The number of fused-ring (bicyclic) bond motifs is 1. The molecule has 0 aliphatic carbocycles. The van der Waals surface area contributed by atoms with Gasteiger partial charge in [0, 0.05) is 5.02 Å². The Hall–Kier alpha value is -4.67. The zero-order chi connectivity index (χ0) is 32.1. The van der Waals surface area contributed by atoms with E-state index in [0.29, 0.717) is 54.8 Å². The zero-order valence-corrected chi connectivity index (χ0v) is 26.7.